The Morgan fingerprint density at radius 2 is 0.550 bits per heavy atom. The van der Waals surface area contributed by atoms with E-state index in [1.807, 2.05) is 0 Å². The van der Waals surface area contributed by atoms with Crippen LogP contribution in [0.15, 0.2) is 0 Å². The summed E-state index contributed by atoms with van der Waals surface area (Å²) in [5.41, 5.74) is 0. The molecule has 4 N–H and O–H groups in total. The summed E-state index contributed by atoms with van der Waals surface area (Å²) in [6, 6.07) is 2.47. The van der Waals surface area contributed by atoms with Crippen molar-refractivity contribution in [3.8, 4) is 12.1 Å². The van der Waals surface area contributed by atoms with Crippen LogP contribution in [-0.4, -0.2) is 44.8 Å². The van der Waals surface area contributed by atoms with Crippen LogP contribution in [0, 0.1) is 22.7 Å². The Kier molecular flexibility index (Phi) is 48.0. The summed E-state index contributed by atoms with van der Waals surface area (Å²) in [6.45, 7) is 13.8. The van der Waals surface area contributed by atoms with Crippen molar-refractivity contribution in [1.82, 2.24) is 0 Å². The Labute approximate surface area is 123 Å². The highest BCUT2D eigenvalue weighted by Gasteiger charge is 1.70. The molecule has 0 aliphatic carbocycles. The van der Waals surface area contributed by atoms with E-state index in [2.05, 4.69) is 0 Å². The third-order valence-electron chi connectivity index (χ3n) is 0.0500. The molecule has 0 bridgehead atoms. The molecule has 0 rings (SSSR count). The molecule has 20 heavy (non-hydrogen) atoms. The van der Waals surface area contributed by atoms with Crippen molar-refractivity contribution in [2.45, 2.75) is 79.8 Å². The molecule has 0 spiro atoms. The summed E-state index contributed by atoms with van der Waals surface area (Å²) >= 11 is 0. The molecular weight excluding hydrogens is 260 g/mol. The molecule has 0 radical (unpaired) electrons. The van der Waals surface area contributed by atoms with Crippen molar-refractivity contribution in [2.75, 3.05) is 0 Å². The van der Waals surface area contributed by atoms with Gasteiger partial charge in [0.25, 0.3) is 0 Å². The van der Waals surface area contributed by atoms with Crippen LogP contribution in [0.1, 0.15) is 55.4 Å². The van der Waals surface area contributed by atoms with Gasteiger partial charge in [-0.1, -0.05) is 0 Å². The Bertz CT molecular complexity index is 169. The van der Waals surface area contributed by atoms with Crippen LogP contribution < -0.4 is 0 Å². The molecular formula is C14H32N2O4. The summed E-state index contributed by atoms with van der Waals surface area (Å²) in [5.74, 6) is 0. The van der Waals surface area contributed by atoms with Crippen LogP contribution in [0.4, 0.5) is 0 Å². The van der Waals surface area contributed by atoms with E-state index < -0.39 is 0 Å². The number of hydrogen-bond donors (Lipinski definition) is 4. The van der Waals surface area contributed by atoms with Crippen molar-refractivity contribution >= 4 is 0 Å². The number of hydrogen-bond acceptors (Lipinski definition) is 6. The van der Waals surface area contributed by atoms with Gasteiger partial charge in [-0.25, -0.2) is 0 Å². The maximum Gasteiger partial charge on any atom is 0.181 e. The van der Waals surface area contributed by atoms with E-state index in [0.717, 1.165) is 0 Å². The van der Waals surface area contributed by atoms with Gasteiger partial charge in [0.2, 0.25) is 0 Å². The number of rotatable bonds is 0. The van der Waals surface area contributed by atoms with Gasteiger partial charge >= 0.3 is 0 Å². The summed E-state index contributed by atoms with van der Waals surface area (Å²) in [7, 11) is 0. The van der Waals surface area contributed by atoms with E-state index >= 15 is 0 Å². The maximum atomic E-state index is 8.06. The highest BCUT2D eigenvalue weighted by Crippen LogP contribution is 1.66. The molecule has 0 aromatic rings. The van der Waals surface area contributed by atoms with Gasteiger partial charge in [-0.05, 0) is 55.4 Å². The molecule has 0 atom stereocenters. The summed E-state index contributed by atoms with van der Waals surface area (Å²) in [6.07, 6.45) is -0.667. The van der Waals surface area contributed by atoms with Crippen LogP contribution in [-0.2, 0) is 0 Å². The van der Waals surface area contributed by atoms with Crippen molar-refractivity contribution in [3.05, 3.63) is 0 Å². The van der Waals surface area contributed by atoms with Crippen molar-refractivity contribution < 1.29 is 20.4 Å². The molecule has 6 heteroatoms. The highest BCUT2D eigenvalue weighted by molar-refractivity contribution is 4.99. The Morgan fingerprint density at radius 3 is 0.550 bits per heavy atom. The second kappa shape index (κ2) is 30.7. The minimum Gasteiger partial charge on any atom is -0.394 e. The zero-order valence-corrected chi connectivity index (χ0v) is 14.0. The molecule has 0 aliphatic heterocycles. The van der Waals surface area contributed by atoms with E-state index in [1.54, 1.807) is 55.4 Å². The zero-order chi connectivity index (χ0) is 17.7. The maximum absolute atomic E-state index is 8.06. The first kappa shape index (κ1) is 31.3. The molecule has 6 nitrogen and oxygen atoms in total. The van der Waals surface area contributed by atoms with Gasteiger partial charge in [0, 0.05) is 24.4 Å². The van der Waals surface area contributed by atoms with Crippen LogP contribution in [0.2, 0.25) is 0 Å². The fourth-order valence-corrected chi connectivity index (χ4v) is 0. The monoisotopic (exact) mass is 292 g/mol. The lowest BCUT2D eigenvalue weighted by Gasteiger charge is -1.80. The van der Waals surface area contributed by atoms with Gasteiger partial charge in [0.05, 0.1) is 0 Å². The summed E-state index contributed by atoms with van der Waals surface area (Å²) < 4.78 is 0. The second-order valence-electron chi connectivity index (χ2n) is 4.60. The van der Waals surface area contributed by atoms with Crippen LogP contribution in [0.5, 0.6) is 0 Å². The molecule has 0 heterocycles. The molecule has 0 fully saturated rings. The lowest BCUT2D eigenvalue weighted by Crippen LogP contribution is -1.85. The molecule has 0 aromatic heterocycles. The van der Waals surface area contributed by atoms with Crippen LogP contribution in [0.3, 0.4) is 0 Å². The Hall–Kier alpha value is -1.18. The fraction of sp³-hybridized carbons (Fsp3) is 0.857. The van der Waals surface area contributed by atoms with E-state index in [4.69, 9.17) is 30.9 Å². The van der Waals surface area contributed by atoms with Gasteiger partial charge in [-0.2, -0.15) is 10.5 Å². The van der Waals surface area contributed by atoms with Gasteiger partial charge in [0.15, 0.2) is 12.1 Å². The van der Waals surface area contributed by atoms with Crippen LogP contribution >= 0.6 is 0 Å². The number of nitrogens with zero attached hydrogens (tertiary/aromatic N) is 2. The average molecular weight is 292 g/mol. The van der Waals surface area contributed by atoms with E-state index in [-0.39, 0.29) is 24.4 Å². The number of aliphatic hydroxyl groups excluding tert-OH is 4. The van der Waals surface area contributed by atoms with Gasteiger partial charge in [0.1, 0.15) is 0 Å². The molecule has 0 amide bonds. The topological polar surface area (TPSA) is 128 Å². The van der Waals surface area contributed by atoms with E-state index in [9.17, 15) is 0 Å². The average Bonchev–Trinajstić information content (AvgIpc) is 2.13. The SMILES string of the molecule is CC(C)O.CC(C)O.CC(C)O.CC(C)O.N#CC#N. The van der Waals surface area contributed by atoms with Crippen molar-refractivity contribution in [1.29, 1.82) is 10.5 Å². The molecule has 0 aliphatic rings. The Morgan fingerprint density at radius 1 is 0.500 bits per heavy atom. The molecule has 122 valence electrons. The molecule has 0 saturated heterocycles. The normalized spacial score (nSPS) is 7.70. The standard InChI is InChI=1S/4C3H8O.C2N2/c4*1-3(2)4;3-1-2-4/h4*3-4H,1-2H3;. The fourth-order valence-electron chi connectivity index (χ4n) is 0. The van der Waals surface area contributed by atoms with Crippen molar-refractivity contribution in [2.24, 2.45) is 0 Å². The highest BCUT2D eigenvalue weighted by atomic mass is 16.3. The van der Waals surface area contributed by atoms with Crippen LogP contribution in [0.25, 0.3) is 0 Å². The zero-order valence-electron chi connectivity index (χ0n) is 14.0. The predicted octanol–water partition coefficient (Wildman–Crippen LogP) is 1.58. The second-order valence-corrected chi connectivity index (χ2v) is 4.60. The minimum absolute atomic E-state index is 0.167. The summed E-state index contributed by atoms with van der Waals surface area (Å²) in [5, 5.41) is 46.8. The first-order chi connectivity index (χ1) is 8.84. The number of nitriles is 2. The third-order valence-corrected chi connectivity index (χ3v) is 0.0500. The Balaban J connectivity index is -0.0000000469. The van der Waals surface area contributed by atoms with E-state index in [0.29, 0.717) is 0 Å². The van der Waals surface area contributed by atoms with Crippen molar-refractivity contribution in [3.63, 3.8) is 0 Å². The lowest BCUT2D eigenvalue weighted by molar-refractivity contribution is 0.215. The largest absolute Gasteiger partial charge is 0.394 e. The molecule has 0 unspecified atom stereocenters. The smallest absolute Gasteiger partial charge is 0.181 e. The quantitative estimate of drug-likeness (QED) is 0.536. The minimum atomic E-state index is -0.167. The predicted molar refractivity (Wildman–Crippen MR) is 80.6 cm³/mol. The summed E-state index contributed by atoms with van der Waals surface area (Å²) in [4.78, 5) is 0. The van der Waals surface area contributed by atoms with E-state index in [1.165, 1.54) is 12.1 Å². The molecule has 0 saturated carbocycles. The van der Waals surface area contributed by atoms with Gasteiger partial charge in [-0.15, -0.1) is 0 Å². The van der Waals surface area contributed by atoms with Gasteiger partial charge < -0.3 is 20.4 Å². The third kappa shape index (κ3) is 130000. The number of aliphatic hydroxyl groups is 4. The first-order valence-electron chi connectivity index (χ1n) is 6.35. The first-order valence-corrected chi connectivity index (χ1v) is 6.35. The lowest BCUT2D eigenvalue weighted by atomic mass is 10.5. The van der Waals surface area contributed by atoms with Gasteiger partial charge in [-0.3, -0.25) is 0 Å². The molecule has 0 aromatic carbocycles.